The molecule has 0 radical (unpaired) electrons. The van der Waals surface area contributed by atoms with Crippen molar-refractivity contribution in [3.05, 3.63) is 35.7 Å². The van der Waals surface area contributed by atoms with Crippen LogP contribution in [-0.2, 0) is 4.74 Å². The largest absolute Gasteiger partial charge is 0.460 e. The van der Waals surface area contributed by atoms with E-state index in [2.05, 4.69) is 4.98 Å². The van der Waals surface area contributed by atoms with Gasteiger partial charge in [-0.05, 0) is 25.5 Å². The van der Waals surface area contributed by atoms with Crippen LogP contribution in [0.4, 0.5) is 4.39 Å². The predicted molar refractivity (Wildman–Crippen MR) is 55.8 cm³/mol. The maximum Gasteiger partial charge on any atom is 0.374 e. The van der Waals surface area contributed by atoms with Crippen LogP contribution in [0.1, 0.15) is 23.1 Å². The lowest BCUT2D eigenvalue weighted by molar-refractivity contribution is 0.0511. The molecule has 0 saturated carbocycles. The first kappa shape index (κ1) is 10.6. The highest BCUT2D eigenvalue weighted by Gasteiger charge is 2.15. The monoisotopic (exact) mass is 222 g/mol. The third-order valence-corrected chi connectivity index (χ3v) is 2.19. The predicted octanol–water partition coefficient (Wildman–Crippen LogP) is 1.96. The molecule has 0 unspecified atom stereocenters. The highest BCUT2D eigenvalue weighted by molar-refractivity contribution is 5.86. The van der Waals surface area contributed by atoms with Gasteiger partial charge < -0.3 is 4.74 Å². The number of hydrogen-bond acceptors (Lipinski definition) is 3. The van der Waals surface area contributed by atoms with Gasteiger partial charge >= 0.3 is 5.97 Å². The lowest BCUT2D eigenvalue weighted by atomic mass is 10.3. The average molecular weight is 222 g/mol. The summed E-state index contributed by atoms with van der Waals surface area (Å²) >= 11 is 0. The number of carbonyl (C=O) groups excluding carboxylic acids is 1. The Kier molecular flexibility index (Phi) is 2.60. The fourth-order valence-corrected chi connectivity index (χ4v) is 1.53. The smallest absolute Gasteiger partial charge is 0.374 e. The molecule has 4 nitrogen and oxygen atoms in total. The molecule has 0 atom stereocenters. The zero-order chi connectivity index (χ0) is 11.7. The molecule has 0 bridgehead atoms. The number of aryl methyl sites for hydroxylation is 1. The van der Waals surface area contributed by atoms with Crippen LogP contribution in [0.2, 0.25) is 0 Å². The molecule has 16 heavy (non-hydrogen) atoms. The molecule has 0 aliphatic carbocycles. The van der Waals surface area contributed by atoms with Crippen molar-refractivity contribution in [2.75, 3.05) is 6.61 Å². The van der Waals surface area contributed by atoms with Crippen molar-refractivity contribution < 1.29 is 13.9 Å². The van der Waals surface area contributed by atoms with E-state index in [-0.39, 0.29) is 17.9 Å². The minimum absolute atomic E-state index is 0.0967. The van der Waals surface area contributed by atoms with Crippen LogP contribution in [0, 0.1) is 12.7 Å². The molecule has 0 N–H and O–H groups in total. The van der Waals surface area contributed by atoms with Gasteiger partial charge in [-0.2, -0.15) is 0 Å². The molecule has 0 aliphatic rings. The van der Waals surface area contributed by atoms with Crippen LogP contribution < -0.4 is 0 Å². The standard InChI is InChI=1S/C11H11FN2O2/c1-3-16-11(15)10-13-5-9-8(12)4-7(2)6-14(9)10/h4-6H,3H2,1-2H3. The molecule has 2 aromatic rings. The summed E-state index contributed by atoms with van der Waals surface area (Å²) in [5, 5.41) is 0. The van der Waals surface area contributed by atoms with E-state index in [1.54, 1.807) is 20.0 Å². The number of imidazole rings is 1. The van der Waals surface area contributed by atoms with Gasteiger partial charge in [-0.1, -0.05) is 0 Å². The number of pyridine rings is 1. The number of nitrogens with zero attached hydrogens (tertiary/aromatic N) is 2. The molecule has 0 saturated heterocycles. The van der Waals surface area contributed by atoms with Crippen molar-refractivity contribution in [3.8, 4) is 0 Å². The molecule has 84 valence electrons. The van der Waals surface area contributed by atoms with E-state index in [9.17, 15) is 9.18 Å². The second-order valence-corrected chi connectivity index (χ2v) is 3.42. The highest BCUT2D eigenvalue weighted by Crippen LogP contribution is 2.14. The first-order valence-electron chi connectivity index (χ1n) is 4.93. The molecule has 5 heteroatoms. The third kappa shape index (κ3) is 1.64. The molecular weight excluding hydrogens is 211 g/mol. The van der Waals surface area contributed by atoms with E-state index < -0.39 is 11.8 Å². The molecule has 0 aliphatic heterocycles. The number of aromatic nitrogens is 2. The van der Waals surface area contributed by atoms with E-state index >= 15 is 0 Å². The molecular formula is C11H11FN2O2. The first-order valence-corrected chi connectivity index (χ1v) is 4.93. The Labute approximate surface area is 91.7 Å². The lowest BCUT2D eigenvalue weighted by Crippen LogP contribution is -2.09. The van der Waals surface area contributed by atoms with Gasteiger partial charge in [0.15, 0.2) is 0 Å². The van der Waals surface area contributed by atoms with Crippen LogP contribution in [0.5, 0.6) is 0 Å². The quantitative estimate of drug-likeness (QED) is 0.729. The van der Waals surface area contributed by atoms with Crippen molar-refractivity contribution in [1.82, 2.24) is 9.38 Å². The Morgan fingerprint density at radius 2 is 2.38 bits per heavy atom. The van der Waals surface area contributed by atoms with Gasteiger partial charge in [0.25, 0.3) is 0 Å². The number of rotatable bonds is 2. The van der Waals surface area contributed by atoms with Gasteiger partial charge in [-0.15, -0.1) is 0 Å². The van der Waals surface area contributed by atoms with Crippen LogP contribution in [-0.4, -0.2) is 22.0 Å². The summed E-state index contributed by atoms with van der Waals surface area (Å²) in [7, 11) is 0. The SMILES string of the molecule is CCOC(=O)c1ncc2c(F)cc(C)cn12. The molecule has 2 heterocycles. The molecule has 2 aromatic heterocycles. The van der Waals surface area contributed by atoms with E-state index in [1.165, 1.54) is 16.7 Å². The van der Waals surface area contributed by atoms with Gasteiger partial charge in [-0.25, -0.2) is 14.2 Å². The summed E-state index contributed by atoms with van der Waals surface area (Å²) in [6, 6.07) is 1.39. The van der Waals surface area contributed by atoms with Crippen molar-refractivity contribution in [2.45, 2.75) is 13.8 Å². The number of esters is 1. The normalized spacial score (nSPS) is 10.7. The minimum atomic E-state index is -0.549. The number of carbonyl (C=O) groups is 1. The van der Waals surface area contributed by atoms with Crippen LogP contribution in [0.15, 0.2) is 18.5 Å². The Morgan fingerprint density at radius 1 is 1.62 bits per heavy atom. The highest BCUT2D eigenvalue weighted by atomic mass is 19.1. The Bertz CT molecular complexity index is 548. The summed E-state index contributed by atoms with van der Waals surface area (Å²) < 4.78 is 19.7. The summed E-state index contributed by atoms with van der Waals surface area (Å²) in [5.41, 5.74) is 0.988. The minimum Gasteiger partial charge on any atom is -0.460 e. The van der Waals surface area contributed by atoms with Gasteiger partial charge in [0.2, 0.25) is 5.82 Å². The third-order valence-electron chi connectivity index (χ3n) is 2.19. The maximum absolute atomic E-state index is 13.5. The van der Waals surface area contributed by atoms with E-state index in [0.29, 0.717) is 5.56 Å². The fraction of sp³-hybridized carbons (Fsp3) is 0.273. The van der Waals surface area contributed by atoms with Gasteiger partial charge in [0.1, 0.15) is 11.3 Å². The molecule has 0 spiro atoms. The van der Waals surface area contributed by atoms with Crippen LogP contribution in [0.3, 0.4) is 0 Å². The maximum atomic E-state index is 13.5. The zero-order valence-electron chi connectivity index (χ0n) is 9.03. The van der Waals surface area contributed by atoms with Gasteiger partial charge in [-0.3, -0.25) is 4.40 Å². The summed E-state index contributed by atoms with van der Waals surface area (Å²) in [5.74, 6) is -0.852. The van der Waals surface area contributed by atoms with Crippen LogP contribution >= 0.6 is 0 Å². The van der Waals surface area contributed by atoms with Gasteiger partial charge in [0.05, 0.1) is 12.8 Å². The Hall–Kier alpha value is -1.91. The second kappa shape index (κ2) is 3.92. The fourth-order valence-electron chi connectivity index (χ4n) is 1.53. The summed E-state index contributed by atoms with van der Waals surface area (Å²) in [6.45, 7) is 3.72. The van der Waals surface area contributed by atoms with E-state index in [0.717, 1.165) is 0 Å². The van der Waals surface area contributed by atoms with Crippen molar-refractivity contribution in [2.24, 2.45) is 0 Å². The number of ether oxygens (including phenoxy) is 1. The molecule has 2 rings (SSSR count). The average Bonchev–Trinajstić information content (AvgIpc) is 2.61. The molecule has 0 amide bonds. The molecule has 0 fully saturated rings. The number of fused-ring (bicyclic) bond motifs is 1. The zero-order valence-corrected chi connectivity index (χ0v) is 9.03. The number of hydrogen-bond donors (Lipinski definition) is 0. The number of halogens is 1. The van der Waals surface area contributed by atoms with Crippen molar-refractivity contribution in [3.63, 3.8) is 0 Å². The van der Waals surface area contributed by atoms with Gasteiger partial charge in [0, 0.05) is 6.20 Å². The van der Waals surface area contributed by atoms with Crippen LogP contribution in [0.25, 0.3) is 5.52 Å². The second-order valence-electron chi connectivity index (χ2n) is 3.42. The van der Waals surface area contributed by atoms with Crippen molar-refractivity contribution >= 4 is 11.5 Å². The van der Waals surface area contributed by atoms with E-state index in [4.69, 9.17) is 4.74 Å². The molecule has 0 aromatic carbocycles. The topological polar surface area (TPSA) is 43.6 Å². The Morgan fingerprint density at radius 3 is 3.06 bits per heavy atom. The first-order chi connectivity index (χ1) is 7.63. The van der Waals surface area contributed by atoms with Crippen molar-refractivity contribution in [1.29, 1.82) is 0 Å². The summed E-state index contributed by atoms with van der Waals surface area (Å²) in [4.78, 5) is 15.4. The Balaban J connectivity index is 2.60. The lowest BCUT2D eigenvalue weighted by Gasteiger charge is -2.02. The summed E-state index contributed by atoms with van der Waals surface area (Å²) in [6.07, 6.45) is 2.97. The van der Waals surface area contributed by atoms with E-state index in [1.807, 2.05) is 0 Å².